The zero-order valence-corrected chi connectivity index (χ0v) is 27.5. The summed E-state index contributed by atoms with van der Waals surface area (Å²) < 4.78 is 8.31. The van der Waals surface area contributed by atoms with Gasteiger partial charge in [0, 0.05) is 28.5 Å². The summed E-state index contributed by atoms with van der Waals surface area (Å²) in [6, 6.07) is 23.6. The maximum absolute atomic E-state index is 13.9. The molecule has 0 spiro atoms. The van der Waals surface area contributed by atoms with Crippen molar-refractivity contribution >= 4 is 57.2 Å². The number of ether oxygens (including phenoxy) is 1. The van der Waals surface area contributed by atoms with Crippen molar-refractivity contribution in [3.63, 3.8) is 0 Å². The Labute approximate surface area is 270 Å². The molecular formula is C33H29ClINO3S2. The summed E-state index contributed by atoms with van der Waals surface area (Å²) in [7, 11) is 0. The van der Waals surface area contributed by atoms with E-state index in [4.69, 9.17) is 16.3 Å². The van der Waals surface area contributed by atoms with Gasteiger partial charge in [0.15, 0.2) is 12.4 Å². The third kappa shape index (κ3) is 7.02. The number of fused-ring (bicyclic) bond motifs is 1. The van der Waals surface area contributed by atoms with Gasteiger partial charge in [-0.2, -0.15) is 4.57 Å². The van der Waals surface area contributed by atoms with Gasteiger partial charge in [-0.25, -0.2) is 0 Å². The number of thioether (sulfide) groups is 1. The van der Waals surface area contributed by atoms with Gasteiger partial charge < -0.3 is 28.7 Å². The van der Waals surface area contributed by atoms with Gasteiger partial charge in [0.2, 0.25) is 11.5 Å². The Morgan fingerprint density at radius 2 is 1.63 bits per heavy atom. The maximum atomic E-state index is 13.9. The predicted octanol–water partition coefficient (Wildman–Crippen LogP) is 5.08. The fourth-order valence-corrected chi connectivity index (χ4v) is 7.48. The second kappa shape index (κ2) is 14.0. The van der Waals surface area contributed by atoms with Crippen LogP contribution >= 0.6 is 34.7 Å². The molecule has 2 aromatic heterocycles. The summed E-state index contributed by atoms with van der Waals surface area (Å²) in [5.74, 6) is 0.226. The molecule has 5 aromatic rings. The van der Waals surface area contributed by atoms with Crippen molar-refractivity contribution in [2.24, 2.45) is 0 Å². The normalized spacial score (nSPS) is 10.8. The van der Waals surface area contributed by atoms with Gasteiger partial charge in [0.05, 0.1) is 23.5 Å². The number of nitrogens with zero attached hydrogens (tertiary/aromatic N) is 1. The number of pyridine rings is 1. The van der Waals surface area contributed by atoms with E-state index in [-0.39, 0.29) is 48.8 Å². The fraction of sp³-hybridized carbons (Fsp3) is 0.182. The van der Waals surface area contributed by atoms with Crippen molar-refractivity contribution in [2.45, 2.75) is 37.2 Å². The number of hydrogen-bond acceptors (Lipinski definition) is 5. The third-order valence-corrected chi connectivity index (χ3v) is 9.52. The van der Waals surface area contributed by atoms with Crippen LogP contribution in [0, 0.1) is 13.8 Å². The smallest absolute Gasteiger partial charge is 0.310 e. The first-order valence-electron chi connectivity index (χ1n) is 13.1. The van der Waals surface area contributed by atoms with E-state index in [1.54, 1.807) is 43.0 Å². The van der Waals surface area contributed by atoms with Gasteiger partial charge in [-0.15, -0.1) is 23.1 Å². The minimum Gasteiger partial charge on any atom is -1.00 e. The SMILES string of the molecule is CCOC(=O)Cc1c(C(=O)c2ccc(Cl)cc2)sc(SCc2c(C)ccc3ccccc23)c1-[n+]1ccc(C)cc1.[I-]. The number of carbonyl (C=O) groups is 2. The molecule has 0 aliphatic rings. The van der Waals surface area contributed by atoms with E-state index in [2.05, 4.69) is 43.3 Å². The van der Waals surface area contributed by atoms with Crippen molar-refractivity contribution in [2.75, 3.05) is 6.61 Å². The van der Waals surface area contributed by atoms with Crippen LogP contribution in [-0.2, 0) is 21.7 Å². The first kappa shape index (κ1) is 31.2. The number of rotatable bonds is 9. The average Bonchev–Trinajstić information content (AvgIpc) is 3.30. The lowest BCUT2D eigenvalue weighted by Crippen LogP contribution is -3.00. The Kier molecular flexibility index (Phi) is 10.6. The number of carbonyl (C=O) groups excluding carboxylic acids is 2. The zero-order chi connectivity index (χ0) is 28.2. The molecule has 0 saturated heterocycles. The van der Waals surface area contributed by atoms with Crippen LogP contribution in [-0.4, -0.2) is 18.4 Å². The highest BCUT2D eigenvalue weighted by Gasteiger charge is 2.32. The summed E-state index contributed by atoms with van der Waals surface area (Å²) in [5.41, 5.74) is 5.65. The minimum absolute atomic E-state index is 0. The lowest BCUT2D eigenvalue weighted by molar-refractivity contribution is -0.598. The number of thiophene rings is 1. The van der Waals surface area contributed by atoms with Gasteiger partial charge >= 0.3 is 5.97 Å². The highest BCUT2D eigenvalue weighted by atomic mass is 127. The lowest BCUT2D eigenvalue weighted by atomic mass is 10.0. The molecule has 0 saturated carbocycles. The molecule has 0 unspecified atom stereocenters. The van der Waals surface area contributed by atoms with Gasteiger partial charge in [-0.1, -0.05) is 48.0 Å². The molecule has 0 aliphatic heterocycles. The van der Waals surface area contributed by atoms with E-state index >= 15 is 0 Å². The van der Waals surface area contributed by atoms with Crippen LogP contribution in [0.25, 0.3) is 16.5 Å². The quantitative estimate of drug-likeness (QED) is 0.0704. The minimum atomic E-state index is -0.360. The van der Waals surface area contributed by atoms with Gasteiger partial charge in [-0.05, 0) is 72.5 Å². The Morgan fingerprint density at radius 3 is 2.34 bits per heavy atom. The molecule has 8 heteroatoms. The number of esters is 1. The molecule has 210 valence electrons. The highest BCUT2D eigenvalue weighted by Crippen LogP contribution is 2.41. The summed E-state index contributed by atoms with van der Waals surface area (Å²) in [6.45, 7) is 6.23. The number of ketones is 1. The van der Waals surface area contributed by atoms with E-state index < -0.39 is 0 Å². The standard InChI is InChI=1S/C33H29ClNO3S2.HI/c1-4-38-29(36)19-27-30(35-17-15-21(2)16-18-35)33(40-32(27)31(37)24-11-13-25(34)14-12-24)39-20-28-22(3)9-10-23-7-5-6-8-26(23)28;/h5-18H,4,19-20H2,1-3H3;1H/q+1;/p-1. The van der Waals surface area contributed by atoms with Crippen molar-refractivity contribution in [3.05, 3.63) is 123 Å². The van der Waals surface area contributed by atoms with Gasteiger partial charge in [0.25, 0.3) is 0 Å². The molecule has 0 radical (unpaired) electrons. The van der Waals surface area contributed by atoms with Crippen LogP contribution in [0.15, 0.2) is 89.4 Å². The topological polar surface area (TPSA) is 47.3 Å². The highest BCUT2D eigenvalue weighted by molar-refractivity contribution is 8.00. The van der Waals surface area contributed by atoms with Gasteiger partial charge in [0.1, 0.15) is 4.21 Å². The summed E-state index contributed by atoms with van der Waals surface area (Å²) in [4.78, 5) is 27.2. The van der Waals surface area contributed by atoms with Crippen molar-refractivity contribution in [1.29, 1.82) is 0 Å². The predicted molar refractivity (Wildman–Crippen MR) is 164 cm³/mol. The molecule has 0 fully saturated rings. The average molecular weight is 714 g/mol. The molecule has 0 aliphatic carbocycles. The molecule has 41 heavy (non-hydrogen) atoms. The molecule has 4 nitrogen and oxygen atoms in total. The molecule has 0 bridgehead atoms. The molecule has 0 N–H and O–H groups in total. The maximum Gasteiger partial charge on any atom is 0.310 e. The van der Waals surface area contributed by atoms with Crippen molar-refractivity contribution < 1.29 is 42.9 Å². The number of hydrogen-bond donors (Lipinski definition) is 0. The van der Waals surface area contributed by atoms with Crippen molar-refractivity contribution in [3.8, 4) is 5.69 Å². The number of benzene rings is 3. The van der Waals surface area contributed by atoms with Crippen LogP contribution in [0.3, 0.4) is 0 Å². The van der Waals surface area contributed by atoms with Crippen LogP contribution in [0.5, 0.6) is 0 Å². The van der Waals surface area contributed by atoms with E-state index in [0.29, 0.717) is 21.0 Å². The Bertz CT molecular complexity index is 1700. The Hall–Kier alpha value is -2.72. The lowest BCUT2D eigenvalue weighted by Gasteiger charge is -2.10. The molecule has 5 rings (SSSR count). The summed E-state index contributed by atoms with van der Waals surface area (Å²) in [6.07, 6.45) is 3.97. The monoisotopic (exact) mass is 713 g/mol. The number of halogens is 2. The second-order valence-electron chi connectivity index (χ2n) is 9.52. The number of aromatic nitrogens is 1. The van der Waals surface area contributed by atoms with Crippen LogP contribution in [0.2, 0.25) is 5.02 Å². The third-order valence-electron chi connectivity index (χ3n) is 6.76. The molecular weight excluding hydrogens is 685 g/mol. The van der Waals surface area contributed by atoms with E-state index in [9.17, 15) is 9.59 Å². The number of aryl methyl sites for hydroxylation is 2. The molecule has 0 amide bonds. The molecule has 2 heterocycles. The Morgan fingerprint density at radius 1 is 0.927 bits per heavy atom. The summed E-state index contributed by atoms with van der Waals surface area (Å²) >= 11 is 9.22. The van der Waals surface area contributed by atoms with Gasteiger partial charge in [-0.3, -0.25) is 9.59 Å². The van der Waals surface area contributed by atoms with Crippen LogP contribution < -0.4 is 28.5 Å². The molecule has 3 aromatic carbocycles. The largest absolute Gasteiger partial charge is 1.00 e. The first-order chi connectivity index (χ1) is 19.4. The molecule has 0 atom stereocenters. The van der Waals surface area contributed by atoms with Crippen LogP contribution in [0.1, 0.15) is 44.4 Å². The Balaban J connectivity index is 0.00000387. The van der Waals surface area contributed by atoms with E-state index in [0.717, 1.165) is 21.2 Å². The van der Waals surface area contributed by atoms with E-state index in [1.807, 2.05) is 36.0 Å². The van der Waals surface area contributed by atoms with Crippen molar-refractivity contribution in [1.82, 2.24) is 0 Å². The first-order valence-corrected chi connectivity index (χ1v) is 15.2. The van der Waals surface area contributed by atoms with Crippen LogP contribution in [0.4, 0.5) is 0 Å². The fourth-order valence-electron chi connectivity index (χ4n) is 4.65. The van der Waals surface area contributed by atoms with E-state index in [1.165, 1.54) is 33.2 Å². The summed E-state index contributed by atoms with van der Waals surface area (Å²) in [5, 5.41) is 2.98. The second-order valence-corrected chi connectivity index (χ2v) is 12.2. The zero-order valence-electron chi connectivity index (χ0n) is 22.9.